The van der Waals surface area contributed by atoms with Crippen LogP contribution in [0, 0.1) is 13.8 Å². The zero-order valence-corrected chi connectivity index (χ0v) is 10.5. The molecule has 2 nitrogen and oxygen atoms in total. The van der Waals surface area contributed by atoms with E-state index in [1.54, 1.807) is 0 Å². The lowest BCUT2D eigenvalue weighted by Crippen LogP contribution is -2.32. The predicted octanol–water partition coefficient (Wildman–Crippen LogP) is 3.09. The van der Waals surface area contributed by atoms with Crippen LogP contribution in [0.5, 0.6) is 0 Å². The Kier molecular flexibility index (Phi) is 2.90. The molecule has 16 heavy (non-hydrogen) atoms. The lowest BCUT2D eigenvalue weighted by Gasteiger charge is -2.26. The van der Waals surface area contributed by atoms with Crippen molar-refractivity contribution in [1.29, 1.82) is 0 Å². The van der Waals surface area contributed by atoms with E-state index in [1.165, 1.54) is 22.4 Å². The Balaban J connectivity index is 2.44. The molecule has 86 valence electrons. The van der Waals surface area contributed by atoms with Gasteiger partial charge in [0.15, 0.2) is 0 Å². The molecule has 0 saturated carbocycles. The van der Waals surface area contributed by atoms with Gasteiger partial charge in [0.1, 0.15) is 0 Å². The molecule has 0 spiro atoms. The van der Waals surface area contributed by atoms with Crippen molar-refractivity contribution >= 4 is 5.69 Å². The van der Waals surface area contributed by atoms with Crippen LogP contribution in [0.1, 0.15) is 30.5 Å². The number of hydrogen-bond acceptors (Lipinski definition) is 2. The van der Waals surface area contributed by atoms with Gasteiger partial charge in [-0.15, -0.1) is 0 Å². The van der Waals surface area contributed by atoms with E-state index >= 15 is 0 Å². The third kappa shape index (κ3) is 1.80. The number of benzene rings is 1. The molecule has 0 bridgehead atoms. The lowest BCUT2D eigenvalue weighted by atomic mass is 10.0. The summed E-state index contributed by atoms with van der Waals surface area (Å²) >= 11 is 0. The van der Waals surface area contributed by atoms with Crippen molar-refractivity contribution < 1.29 is 0 Å². The summed E-state index contributed by atoms with van der Waals surface area (Å²) in [5.41, 5.74) is 5.47. The summed E-state index contributed by atoms with van der Waals surface area (Å²) < 4.78 is 0. The molecule has 0 fully saturated rings. The highest BCUT2D eigenvalue weighted by atomic mass is 15.3. The van der Waals surface area contributed by atoms with Crippen LogP contribution in [-0.4, -0.2) is 6.17 Å². The maximum atomic E-state index is 3.30. The van der Waals surface area contributed by atoms with Crippen molar-refractivity contribution in [1.82, 2.24) is 5.32 Å². The zero-order chi connectivity index (χ0) is 11.7. The number of aryl methyl sites for hydroxylation is 3. The molecule has 0 aliphatic carbocycles. The Morgan fingerprint density at radius 2 is 1.88 bits per heavy atom. The van der Waals surface area contributed by atoms with Gasteiger partial charge in [-0.05, 0) is 43.9 Å². The van der Waals surface area contributed by atoms with E-state index in [0.717, 1.165) is 6.42 Å². The Morgan fingerprint density at radius 3 is 2.31 bits per heavy atom. The number of nitrogens with one attached hydrogen (secondary N) is 1. The molecule has 0 aromatic heterocycles. The van der Waals surface area contributed by atoms with Gasteiger partial charge in [0.2, 0.25) is 0 Å². The van der Waals surface area contributed by atoms with Crippen LogP contribution in [-0.2, 0) is 6.42 Å². The summed E-state index contributed by atoms with van der Waals surface area (Å²) in [5, 5.41) is 3.30. The first-order valence-corrected chi connectivity index (χ1v) is 5.94. The quantitative estimate of drug-likeness (QED) is 0.817. The molecule has 2 rings (SSSR count). The SMILES string of the molecule is CCc1cc(C)c(N2C=CNC2C)c(C)c1. The lowest BCUT2D eigenvalue weighted by molar-refractivity contribution is 0.681. The molecule has 1 heterocycles. The topological polar surface area (TPSA) is 15.3 Å². The fraction of sp³-hybridized carbons (Fsp3) is 0.429. The summed E-state index contributed by atoms with van der Waals surface area (Å²) in [6, 6.07) is 4.59. The van der Waals surface area contributed by atoms with Gasteiger partial charge in [-0.1, -0.05) is 19.1 Å². The van der Waals surface area contributed by atoms with Crippen molar-refractivity contribution in [3.8, 4) is 0 Å². The van der Waals surface area contributed by atoms with Crippen LogP contribution < -0.4 is 10.2 Å². The Labute approximate surface area is 98.0 Å². The summed E-state index contributed by atoms with van der Waals surface area (Å²) in [6.45, 7) is 8.77. The second kappa shape index (κ2) is 4.20. The number of anilines is 1. The van der Waals surface area contributed by atoms with E-state index < -0.39 is 0 Å². The molecular weight excluding hydrogens is 196 g/mol. The van der Waals surface area contributed by atoms with Gasteiger partial charge >= 0.3 is 0 Å². The Bertz CT molecular complexity index is 398. The van der Waals surface area contributed by atoms with E-state index in [4.69, 9.17) is 0 Å². The van der Waals surface area contributed by atoms with E-state index in [-0.39, 0.29) is 0 Å². The van der Waals surface area contributed by atoms with Crippen LogP contribution in [0.2, 0.25) is 0 Å². The second-order valence-electron chi connectivity index (χ2n) is 4.50. The molecule has 0 radical (unpaired) electrons. The highest BCUT2D eigenvalue weighted by molar-refractivity contribution is 5.63. The normalized spacial score (nSPS) is 19.0. The van der Waals surface area contributed by atoms with Gasteiger partial charge in [-0.25, -0.2) is 0 Å². The van der Waals surface area contributed by atoms with Gasteiger partial charge in [-0.2, -0.15) is 0 Å². The largest absolute Gasteiger partial charge is 0.370 e. The van der Waals surface area contributed by atoms with Gasteiger partial charge in [0, 0.05) is 18.1 Å². The molecule has 1 aromatic carbocycles. The molecule has 1 aromatic rings. The summed E-state index contributed by atoms with van der Waals surface area (Å²) in [5.74, 6) is 0. The molecule has 1 aliphatic heterocycles. The molecule has 0 saturated heterocycles. The molecule has 1 unspecified atom stereocenters. The fourth-order valence-electron chi connectivity index (χ4n) is 2.40. The van der Waals surface area contributed by atoms with E-state index in [0.29, 0.717) is 6.17 Å². The first-order valence-electron chi connectivity index (χ1n) is 5.94. The molecule has 0 amide bonds. The maximum Gasteiger partial charge on any atom is 0.1000 e. The summed E-state index contributed by atoms with van der Waals surface area (Å²) in [4.78, 5) is 2.30. The number of rotatable bonds is 2. The standard InChI is InChI=1S/C14H20N2/c1-5-13-8-10(2)14(11(3)9-13)16-7-6-15-12(16)4/h6-9,12,15H,5H2,1-4H3. The monoisotopic (exact) mass is 216 g/mol. The molecular formula is C14H20N2. The number of nitrogens with zero attached hydrogens (tertiary/aromatic N) is 1. The molecule has 1 N–H and O–H groups in total. The van der Waals surface area contributed by atoms with Gasteiger partial charge in [0.05, 0.1) is 6.17 Å². The molecule has 1 atom stereocenters. The minimum atomic E-state index is 0.352. The Hall–Kier alpha value is -1.44. The summed E-state index contributed by atoms with van der Waals surface area (Å²) in [7, 11) is 0. The third-order valence-electron chi connectivity index (χ3n) is 3.21. The molecule has 2 heteroatoms. The van der Waals surface area contributed by atoms with Gasteiger partial charge in [0.25, 0.3) is 0 Å². The van der Waals surface area contributed by atoms with Crippen molar-refractivity contribution in [2.45, 2.75) is 40.3 Å². The zero-order valence-electron chi connectivity index (χ0n) is 10.5. The minimum absolute atomic E-state index is 0.352. The van der Waals surface area contributed by atoms with Gasteiger partial charge < -0.3 is 10.2 Å². The van der Waals surface area contributed by atoms with E-state index in [2.05, 4.69) is 56.2 Å². The van der Waals surface area contributed by atoms with E-state index in [9.17, 15) is 0 Å². The Morgan fingerprint density at radius 1 is 1.25 bits per heavy atom. The fourth-order valence-corrected chi connectivity index (χ4v) is 2.40. The maximum absolute atomic E-state index is 3.30. The predicted molar refractivity (Wildman–Crippen MR) is 69.5 cm³/mol. The van der Waals surface area contributed by atoms with Crippen molar-refractivity contribution in [2.24, 2.45) is 0 Å². The van der Waals surface area contributed by atoms with Crippen LogP contribution >= 0.6 is 0 Å². The minimum Gasteiger partial charge on any atom is -0.370 e. The van der Waals surface area contributed by atoms with Crippen molar-refractivity contribution in [3.63, 3.8) is 0 Å². The van der Waals surface area contributed by atoms with Crippen LogP contribution in [0.15, 0.2) is 24.5 Å². The smallest absolute Gasteiger partial charge is 0.1000 e. The average molecular weight is 216 g/mol. The van der Waals surface area contributed by atoms with Crippen LogP contribution in [0.3, 0.4) is 0 Å². The average Bonchev–Trinajstić information content (AvgIpc) is 2.64. The highest BCUT2D eigenvalue weighted by Crippen LogP contribution is 2.29. The second-order valence-corrected chi connectivity index (χ2v) is 4.50. The van der Waals surface area contributed by atoms with Gasteiger partial charge in [-0.3, -0.25) is 0 Å². The molecule has 1 aliphatic rings. The van der Waals surface area contributed by atoms with Crippen LogP contribution in [0.25, 0.3) is 0 Å². The van der Waals surface area contributed by atoms with Crippen LogP contribution in [0.4, 0.5) is 5.69 Å². The van der Waals surface area contributed by atoms with Crippen molar-refractivity contribution in [3.05, 3.63) is 41.2 Å². The van der Waals surface area contributed by atoms with Crippen molar-refractivity contribution in [2.75, 3.05) is 4.90 Å². The first kappa shape index (κ1) is 11.1. The highest BCUT2D eigenvalue weighted by Gasteiger charge is 2.18. The van der Waals surface area contributed by atoms with E-state index in [1.807, 2.05) is 6.20 Å². The number of hydrogen-bond donors (Lipinski definition) is 1. The third-order valence-corrected chi connectivity index (χ3v) is 3.21. The summed E-state index contributed by atoms with van der Waals surface area (Å²) in [6.07, 6.45) is 5.58. The first-order chi connectivity index (χ1) is 7.63.